The molecule has 0 radical (unpaired) electrons. The minimum atomic E-state index is 0.0348. The van der Waals surface area contributed by atoms with E-state index in [0.29, 0.717) is 30.2 Å². The molecule has 0 fully saturated rings. The quantitative estimate of drug-likeness (QED) is 0.591. The van der Waals surface area contributed by atoms with Crippen molar-refractivity contribution in [1.82, 2.24) is 15.0 Å². The number of aryl methyl sites for hydroxylation is 2. The van der Waals surface area contributed by atoms with Gasteiger partial charge in [-0.25, -0.2) is 0 Å². The van der Waals surface area contributed by atoms with Crippen LogP contribution in [0.3, 0.4) is 0 Å². The Bertz CT molecular complexity index is 914. The van der Waals surface area contributed by atoms with Crippen molar-refractivity contribution in [3.05, 3.63) is 71.1 Å². The van der Waals surface area contributed by atoms with Gasteiger partial charge < -0.3 is 9.42 Å². The fraction of sp³-hybridized carbons (Fsp3) is 0.348. The van der Waals surface area contributed by atoms with Crippen LogP contribution in [0.5, 0.6) is 0 Å². The zero-order valence-corrected chi connectivity index (χ0v) is 17.0. The fourth-order valence-electron chi connectivity index (χ4n) is 3.00. The van der Waals surface area contributed by atoms with E-state index in [1.54, 1.807) is 0 Å². The summed E-state index contributed by atoms with van der Waals surface area (Å²) in [6, 6.07) is 15.8. The molecule has 0 N–H and O–H groups in total. The third kappa shape index (κ3) is 4.66. The van der Waals surface area contributed by atoms with Crippen molar-refractivity contribution in [1.29, 1.82) is 0 Å². The molecule has 0 aliphatic rings. The molecule has 2 aromatic carbocycles. The predicted octanol–water partition coefficient (Wildman–Crippen LogP) is 4.84. The third-order valence-electron chi connectivity index (χ3n) is 5.03. The summed E-state index contributed by atoms with van der Waals surface area (Å²) in [6.07, 6.45) is 1.41. The first-order valence-corrected chi connectivity index (χ1v) is 9.75. The first-order valence-electron chi connectivity index (χ1n) is 9.75. The Morgan fingerprint density at radius 2 is 1.64 bits per heavy atom. The predicted molar refractivity (Wildman–Crippen MR) is 110 cm³/mol. The molecule has 5 heteroatoms. The maximum absolute atomic E-state index is 13.0. The molecule has 0 saturated heterocycles. The van der Waals surface area contributed by atoms with Crippen LogP contribution in [-0.2, 0) is 6.42 Å². The van der Waals surface area contributed by atoms with Gasteiger partial charge in [-0.2, -0.15) is 4.98 Å². The molecular formula is C23H27N3O2. The summed E-state index contributed by atoms with van der Waals surface area (Å²) in [5, 5.41) is 4.08. The third-order valence-corrected chi connectivity index (χ3v) is 5.03. The van der Waals surface area contributed by atoms with Crippen molar-refractivity contribution in [3.8, 4) is 11.4 Å². The van der Waals surface area contributed by atoms with Gasteiger partial charge in [0.15, 0.2) is 0 Å². The summed E-state index contributed by atoms with van der Waals surface area (Å²) >= 11 is 0. The summed E-state index contributed by atoms with van der Waals surface area (Å²) in [5.74, 6) is 1.16. The van der Waals surface area contributed by atoms with Gasteiger partial charge in [0.2, 0.25) is 11.7 Å². The van der Waals surface area contributed by atoms with Crippen molar-refractivity contribution in [3.63, 3.8) is 0 Å². The minimum Gasteiger partial charge on any atom is -0.339 e. The van der Waals surface area contributed by atoms with E-state index in [9.17, 15) is 4.79 Å². The number of hydrogen-bond donors (Lipinski definition) is 0. The number of rotatable bonds is 7. The Morgan fingerprint density at radius 3 is 2.25 bits per heavy atom. The van der Waals surface area contributed by atoms with Crippen molar-refractivity contribution in [2.45, 2.75) is 46.6 Å². The van der Waals surface area contributed by atoms with Crippen molar-refractivity contribution >= 4 is 5.91 Å². The second-order valence-corrected chi connectivity index (χ2v) is 7.25. The minimum absolute atomic E-state index is 0.0348. The van der Waals surface area contributed by atoms with Crippen LogP contribution in [0, 0.1) is 13.8 Å². The molecular weight excluding hydrogens is 350 g/mol. The van der Waals surface area contributed by atoms with Gasteiger partial charge in [0.05, 0.1) is 0 Å². The number of carbonyl (C=O) groups excluding carboxylic acids is 1. The molecule has 1 aromatic heterocycles. The first kappa shape index (κ1) is 19.8. The summed E-state index contributed by atoms with van der Waals surface area (Å²) in [4.78, 5) is 19.4. The van der Waals surface area contributed by atoms with E-state index in [0.717, 1.165) is 17.5 Å². The highest BCUT2D eigenvalue weighted by atomic mass is 16.5. The largest absolute Gasteiger partial charge is 0.339 e. The zero-order valence-electron chi connectivity index (χ0n) is 17.0. The van der Waals surface area contributed by atoms with Gasteiger partial charge in [0.1, 0.15) is 0 Å². The van der Waals surface area contributed by atoms with Gasteiger partial charge in [-0.15, -0.1) is 0 Å². The zero-order chi connectivity index (χ0) is 20.1. The highest BCUT2D eigenvalue weighted by molar-refractivity contribution is 5.94. The number of aromatic nitrogens is 2. The monoisotopic (exact) mass is 377 g/mol. The normalized spacial score (nSPS) is 12.0. The lowest BCUT2D eigenvalue weighted by atomic mass is 10.1. The van der Waals surface area contributed by atoms with Crippen LogP contribution in [-0.4, -0.2) is 33.5 Å². The highest BCUT2D eigenvalue weighted by Gasteiger charge is 2.21. The van der Waals surface area contributed by atoms with E-state index in [1.165, 1.54) is 5.56 Å². The molecule has 0 saturated carbocycles. The van der Waals surface area contributed by atoms with Crippen LogP contribution < -0.4 is 0 Å². The number of benzene rings is 2. The molecule has 0 aliphatic carbocycles. The average molecular weight is 377 g/mol. The van der Waals surface area contributed by atoms with Crippen molar-refractivity contribution in [2.24, 2.45) is 0 Å². The lowest BCUT2D eigenvalue weighted by Gasteiger charge is -2.28. The molecule has 1 atom stereocenters. The average Bonchev–Trinajstić information content (AvgIpc) is 3.17. The van der Waals surface area contributed by atoms with Gasteiger partial charge in [0.25, 0.3) is 5.91 Å². The van der Waals surface area contributed by atoms with E-state index >= 15 is 0 Å². The molecule has 0 spiro atoms. The van der Waals surface area contributed by atoms with Gasteiger partial charge in [-0.1, -0.05) is 59.6 Å². The maximum atomic E-state index is 13.0. The molecule has 28 heavy (non-hydrogen) atoms. The van der Waals surface area contributed by atoms with Gasteiger partial charge in [0, 0.05) is 30.1 Å². The molecule has 146 valence electrons. The Kier molecular flexibility index (Phi) is 6.24. The molecule has 5 nitrogen and oxygen atoms in total. The molecule has 3 rings (SSSR count). The van der Waals surface area contributed by atoms with Gasteiger partial charge in [-0.3, -0.25) is 4.79 Å². The summed E-state index contributed by atoms with van der Waals surface area (Å²) in [7, 11) is 0. The molecule has 1 heterocycles. The van der Waals surface area contributed by atoms with Crippen LogP contribution >= 0.6 is 0 Å². The van der Waals surface area contributed by atoms with Crippen LogP contribution in [0.1, 0.15) is 47.6 Å². The molecule has 3 aromatic rings. The Balaban J connectivity index is 1.71. The Labute approximate surface area is 166 Å². The van der Waals surface area contributed by atoms with E-state index < -0.39 is 0 Å². The number of nitrogens with zero attached hydrogens (tertiary/aromatic N) is 3. The van der Waals surface area contributed by atoms with Gasteiger partial charge >= 0.3 is 0 Å². The number of hydrogen-bond acceptors (Lipinski definition) is 4. The van der Waals surface area contributed by atoms with Crippen LogP contribution in [0.4, 0.5) is 0 Å². The smallest absolute Gasteiger partial charge is 0.254 e. The molecule has 1 amide bonds. The summed E-state index contributed by atoms with van der Waals surface area (Å²) < 4.78 is 5.42. The Hall–Kier alpha value is -2.95. The lowest BCUT2D eigenvalue weighted by molar-refractivity contribution is 0.0686. The Morgan fingerprint density at radius 1 is 1.04 bits per heavy atom. The van der Waals surface area contributed by atoms with Crippen LogP contribution in [0.25, 0.3) is 11.4 Å². The van der Waals surface area contributed by atoms with E-state index in [4.69, 9.17) is 4.52 Å². The standard InChI is InChI=1S/C23H27N3O2/c1-5-18(4)26(23(27)20-12-8-17(3)9-13-20)15-14-21-24-22(25-28-21)19-10-6-16(2)7-11-19/h6-13,18H,5,14-15H2,1-4H3/t18-/m0/s1. The van der Waals surface area contributed by atoms with Crippen molar-refractivity contribution in [2.75, 3.05) is 6.54 Å². The first-order chi connectivity index (χ1) is 13.5. The second kappa shape index (κ2) is 8.83. The summed E-state index contributed by atoms with van der Waals surface area (Å²) in [5.41, 5.74) is 3.96. The van der Waals surface area contributed by atoms with Crippen LogP contribution in [0.15, 0.2) is 53.1 Å². The second-order valence-electron chi connectivity index (χ2n) is 7.25. The van der Waals surface area contributed by atoms with Crippen LogP contribution in [0.2, 0.25) is 0 Å². The fourth-order valence-corrected chi connectivity index (χ4v) is 3.00. The highest BCUT2D eigenvalue weighted by Crippen LogP contribution is 2.18. The molecule has 0 unspecified atom stereocenters. The van der Waals surface area contributed by atoms with E-state index in [2.05, 4.69) is 24.0 Å². The SMILES string of the molecule is CC[C@H](C)N(CCc1nc(-c2ccc(C)cc2)no1)C(=O)c1ccc(C)cc1. The van der Waals surface area contributed by atoms with Gasteiger partial charge in [-0.05, 0) is 39.3 Å². The summed E-state index contributed by atoms with van der Waals surface area (Å²) in [6.45, 7) is 8.75. The topological polar surface area (TPSA) is 59.2 Å². The molecule has 0 aliphatic heterocycles. The van der Waals surface area contributed by atoms with E-state index in [-0.39, 0.29) is 11.9 Å². The lowest BCUT2D eigenvalue weighted by Crippen LogP contribution is -2.39. The number of amides is 1. The maximum Gasteiger partial charge on any atom is 0.254 e. The number of carbonyl (C=O) groups is 1. The molecule has 0 bridgehead atoms. The van der Waals surface area contributed by atoms with E-state index in [1.807, 2.05) is 67.3 Å². The van der Waals surface area contributed by atoms with Crippen molar-refractivity contribution < 1.29 is 9.32 Å².